The van der Waals surface area contributed by atoms with Gasteiger partial charge < -0.3 is 9.64 Å². The van der Waals surface area contributed by atoms with Crippen LogP contribution in [0.5, 0.6) is 0 Å². The molecule has 0 radical (unpaired) electrons. The third kappa shape index (κ3) is 2.67. The van der Waals surface area contributed by atoms with Gasteiger partial charge in [0.1, 0.15) is 16.2 Å². The van der Waals surface area contributed by atoms with Crippen LogP contribution < -0.4 is 4.90 Å². The Kier molecular flexibility index (Phi) is 3.28. The highest BCUT2D eigenvalue weighted by molar-refractivity contribution is 9.10. The second-order valence-electron chi connectivity index (χ2n) is 5.34. The van der Waals surface area contributed by atoms with Gasteiger partial charge in [-0.25, -0.2) is 9.97 Å². The van der Waals surface area contributed by atoms with E-state index in [0.29, 0.717) is 5.92 Å². The molecule has 1 saturated carbocycles. The number of aromatic nitrogens is 2. The van der Waals surface area contributed by atoms with Crippen LogP contribution in [0.2, 0.25) is 0 Å². The van der Waals surface area contributed by atoms with E-state index in [-0.39, 0.29) is 12.2 Å². The third-order valence-corrected chi connectivity index (χ3v) is 3.79. The lowest BCUT2D eigenvalue weighted by molar-refractivity contribution is -0.00548. The van der Waals surface area contributed by atoms with Crippen molar-refractivity contribution in [3.05, 3.63) is 16.5 Å². The first-order chi connectivity index (χ1) is 8.61. The molecule has 5 heteroatoms. The molecule has 0 bridgehead atoms. The van der Waals surface area contributed by atoms with Crippen LogP contribution in [0.15, 0.2) is 10.7 Å². The Bertz CT molecular complexity index is 440. The van der Waals surface area contributed by atoms with Crippen molar-refractivity contribution in [2.45, 2.75) is 44.8 Å². The molecule has 3 rings (SSSR count). The molecule has 18 heavy (non-hydrogen) atoms. The van der Waals surface area contributed by atoms with Gasteiger partial charge in [0.05, 0.1) is 12.2 Å². The minimum atomic E-state index is 0.256. The minimum Gasteiger partial charge on any atom is -0.372 e. The number of rotatable bonds is 2. The number of anilines is 1. The fourth-order valence-electron chi connectivity index (χ4n) is 2.47. The van der Waals surface area contributed by atoms with Crippen LogP contribution >= 0.6 is 15.9 Å². The standard InChI is InChI=1S/C13H18BrN3O/c1-8-6-17(7-9(2)18-8)12-5-11(14)15-13(16-12)10-3-4-10/h5,8-10H,3-4,6-7H2,1-2H3. The molecule has 2 aliphatic rings. The molecule has 2 heterocycles. The van der Waals surface area contributed by atoms with E-state index in [4.69, 9.17) is 9.72 Å². The second-order valence-corrected chi connectivity index (χ2v) is 6.16. The van der Waals surface area contributed by atoms with E-state index in [1.54, 1.807) is 0 Å². The Morgan fingerprint density at radius 3 is 2.50 bits per heavy atom. The van der Waals surface area contributed by atoms with Gasteiger partial charge in [0.15, 0.2) is 0 Å². The molecule has 2 fully saturated rings. The lowest BCUT2D eigenvalue weighted by atomic mass is 10.2. The number of hydrogen-bond donors (Lipinski definition) is 0. The molecule has 4 nitrogen and oxygen atoms in total. The average molecular weight is 312 g/mol. The van der Waals surface area contributed by atoms with Crippen molar-refractivity contribution >= 4 is 21.7 Å². The Labute approximate surface area is 116 Å². The topological polar surface area (TPSA) is 38.2 Å². The van der Waals surface area contributed by atoms with Gasteiger partial charge in [-0.2, -0.15) is 0 Å². The summed E-state index contributed by atoms with van der Waals surface area (Å²) >= 11 is 3.50. The summed E-state index contributed by atoms with van der Waals surface area (Å²) in [5, 5.41) is 0. The lowest BCUT2D eigenvalue weighted by Gasteiger charge is -2.36. The lowest BCUT2D eigenvalue weighted by Crippen LogP contribution is -2.46. The van der Waals surface area contributed by atoms with Crippen LogP contribution in [-0.2, 0) is 4.74 Å². The normalized spacial score (nSPS) is 28.5. The Hall–Kier alpha value is -0.680. The highest BCUT2D eigenvalue weighted by Gasteiger charge is 2.29. The predicted molar refractivity (Wildman–Crippen MR) is 73.9 cm³/mol. The summed E-state index contributed by atoms with van der Waals surface area (Å²) < 4.78 is 6.65. The molecule has 0 spiro atoms. The molecular formula is C13H18BrN3O. The zero-order valence-corrected chi connectivity index (χ0v) is 12.4. The smallest absolute Gasteiger partial charge is 0.135 e. The molecule has 98 valence electrons. The van der Waals surface area contributed by atoms with Gasteiger partial charge in [-0.15, -0.1) is 0 Å². The SMILES string of the molecule is CC1CN(c2cc(Br)nc(C3CC3)n2)CC(C)O1. The average Bonchev–Trinajstić information content (AvgIpc) is 3.10. The van der Waals surface area contributed by atoms with Crippen LogP contribution in [0.1, 0.15) is 38.4 Å². The fourth-order valence-corrected chi connectivity index (χ4v) is 2.86. The summed E-state index contributed by atoms with van der Waals surface area (Å²) in [7, 11) is 0. The van der Waals surface area contributed by atoms with Gasteiger partial charge in [0.25, 0.3) is 0 Å². The van der Waals surface area contributed by atoms with E-state index >= 15 is 0 Å². The van der Waals surface area contributed by atoms with E-state index in [1.165, 1.54) is 12.8 Å². The predicted octanol–water partition coefficient (Wildman–Crippen LogP) is 2.73. The van der Waals surface area contributed by atoms with Gasteiger partial charge in [-0.3, -0.25) is 0 Å². The molecule has 1 saturated heterocycles. The highest BCUT2D eigenvalue weighted by Crippen LogP contribution is 2.39. The molecule has 2 atom stereocenters. The van der Waals surface area contributed by atoms with Crippen molar-refractivity contribution in [3.8, 4) is 0 Å². The summed E-state index contributed by atoms with van der Waals surface area (Å²) in [4.78, 5) is 11.5. The summed E-state index contributed by atoms with van der Waals surface area (Å²) in [6.45, 7) is 6.02. The number of halogens is 1. The van der Waals surface area contributed by atoms with Crippen molar-refractivity contribution in [1.29, 1.82) is 0 Å². The van der Waals surface area contributed by atoms with Crippen molar-refractivity contribution < 1.29 is 4.74 Å². The minimum absolute atomic E-state index is 0.256. The van der Waals surface area contributed by atoms with Crippen LogP contribution in [0, 0.1) is 0 Å². The van der Waals surface area contributed by atoms with Gasteiger partial charge in [-0.1, -0.05) is 0 Å². The van der Waals surface area contributed by atoms with E-state index in [9.17, 15) is 0 Å². The molecule has 1 aliphatic carbocycles. The first-order valence-electron chi connectivity index (χ1n) is 6.56. The van der Waals surface area contributed by atoms with Crippen LogP contribution in [0.4, 0.5) is 5.82 Å². The zero-order valence-electron chi connectivity index (χ0n) is 10.8. The maximum absolute atomic E-state index is 5.76. The van der Waals surface area contributed by atoms with E-state index < -0.39 is 0 Å². The second kappa shape index (κ2) is 4.78. The quantitative estimate of drug-likeness (QED) is 0.787. The monoisotopic (exact) mass is 311 g/mol. The summed E-state index contributed by atoms with van der Waals surface area (Å²) in [6, 6.07) is 2.01. The molecule has 1 aromatic rings. The highest BCUT2D eigenvalue weighted by atomic mass is 79.9. The van der Waals surface area contributed by atoms with Crippen molar-refractivity contribution in [2.24, 2.45) is 0 Å². The van der Waals surface area contributed by atoms with E-state index in [1.807, 2.05) is 6.07 Å². The molecule has 1 aliphatic heterocycles. The molecule has 2 unspecified atom stereocenters. The summed E-state index contributed by atoms with van der Waals surface area (Å²) in [5.41, 5.74) is 0. The number of morpholine rings is 1. The van der Waals surface area contributed by atoms with Crippen molar-refractivity contribution in [3.63, 3.8) is 0 Å². The van der Waals surface area contributed by atoms with Gasteiger partial charge in [0, 0.05) is 25.1 Å². The first kappa shape index (κ1) is 12.4. The maximum atomic E-state index is 5.76. The molecular weight excluding hydrogens is 294 g/mol. The Balaban J connectivity index is 1.86. The van der Waals surface area contributed by atoms with E-state index in [0.717, 1.165) is 29.3 Å². The molecule has 0 amide bonds. The van der Waals surface area contributed by atoms with Gasteiger partial charge >= 0.3 is 0 Å². The number of nitrogens with zero attached hydrogens (tertiary/aromatic N) is 3. The van der Waals surface area contributed by atoms with Crippen LogP contribution in [0.3, 0.4) is 0 Å². The molecule has 0 aromatic carbocycles. The number of hydrogen-bond acceptors (Lipinski definition) is 4. The van der Waals surface area contributed by atoms with E-state index in [2.05, 4.69) is 39.7 Å². The summed E-state index contributed by atoms with van der Waals surface area (Å²) in [6.07, 6.45) is 2.97. The molecule has 0 N–H and O–H groups in total. The van der Waals surface area contributed by atoms with Crippen LogP contribution in [0.25, 0.3) is 0 Å². The summed E-state index contributed by atoms with van der Waals surface area (Å²) in [5.74, 6) is 2.60. The maximum Gasteiger partial charge on any atom is 0.135 e. The van der Waals surface area contributed by atoms with Gasteiger partial charge in [0.2, 0.25) is 0 Å². The first-order valence-corrected chi connectivity index (χ1v) is 7.36. The number of ether oxygens (including phenoxy) is 1. The third-order valence-electron chi connectivity index (χ3n) is 3.38. The Morgan fingerprint density at radius 1 is 1.22 bits per heavy atom. The van der Waals surface area contributed by atoms with Crippen LogP contribution in [-0.4, -0.2) is 35.3 Å². The Morgan fingerprint density at radius 2 is 1.89 bits per heavy atom. The van der Waals surface area contributed by atoms with Gasteiger partial charge in [-0.05, 0) is 42.6 Å². The fraction of sp³-hybridized carbons (Fsp3) is 0.692. The molecule has 1 aromatic heterocycles. The van der Waals surface area contributed by atoms with Crippen molar-refractivity contribution in [1.82, 2.24) is 9.97 Å². The largest absolute Gasteiger partial charge is 0.372 e. The zero-order chi connectivity index (χ0) is 12.7. The van der Waals surface area contributed by atoms with Crippen molar-refractivity contribution in [2.75, 3.05) is 18.0 Å².